The lowest BCUT2D eigenvalue weighted by atomic mass is 10.1. The van der Waals surface area contributed by atoms with Gasteiger partial charge in [-0.15, -0.1) is 0 Å². The van der Waals surface area contributed by atoms with Gasteiger partial charge in [0, 0.05) is 18.5 Å². The van der Waals surface area contributed by atoms with Crippen molar-refractivity contribution in [2.24, 2.45) is 5.73 Å². The van der Waals surface area contributed by atoms with Crippen LogP contribution < -0.4 is 19.9 Å². The molecule has 0 atom stereocenters. The number of amidine groups is 1. The molecule has 48 heavy (non-hydrogen) atoms. The first-order valence-corrected chi connectivity index (χ1v) is 17.7. The number of nitrogens with one attached hydrogen (secondary N) is 2. The van der Waals surface area contributed by atoms with Crippen LogP contribution in [0.5, 0.6) is 11.5 Å². The van der Waals surface area contributed by atoms with Gasteiger partial charge < -0.3 is 24.7 Å². The minimum atomic E-state index is -3.84. The van der Waals surface area contributed by atoms with Gasteiger partial charge in [-0.25, -0.2) is 13.4 Å². The number of aryl methyl sites for hydroxylation is 2. The fourth-order valence-electron chi connectivity index (χ4n) is 5.78. The first kappa shape index (κ1) is 34.5. The zero-order valence-electron chi connectivity index (χ0n) is 27.8. The maximum Gasteiger partial charge on any atom is 0.262 e. The number of nitrogens with zero attached hydrogens (tertiary/aromatic N) is 3. The lowest BCUT2D eigenvalue weighted by Gasteiger charge is -2.19. The number of hydrogen-bond acceptors (Lipinski definition) is 7. The molecule has 0 fully saturated rings. The Labute approximate surface area is 283 Å². The Morgan fingerprint density at radius 1 is 0.917 bits per heavy atom. The molecule has 0 radical (unpaired) electrons. The van der Waals surface area contributed by atoms with Crippen molar-refractivity contribution in [1.29, 1.82) is 5.41 Å². The first-order chi connectivity index (χ1) is 23.2. The SMILES string of the molecule is CCN(CC)CCc1ccccc1S(=O)(=O)Nc1ccc2c(c1)nc(CCc1ccc(C(=N)N)cc1)n2CCOc1ccccc1OC. The van der Waals surface area contributed by atoms with Gasteiger partial charge in [-0.1, -0.05) is 68.4 Å². The Morgan fingerprint density at radius 2 is 1.62 bits per heavy atom. The number of para-hydroxylation sites is 2. The summed E-state index contributed by atoms with van der Waals surface area (Å²) in [5, 5.41) is 7.66. The van der Waals surface area contributed by atoms with Gasteiger partial charge in [0.05, 0.1) is 35.3 Å². The number of methoxy groups -OCH3 is 1. The smallest absolute Gasteiger partial charge is 0.262 e. The molecule has 5 rings (SSSR count). The molecule has 0 amide bonds. The number of nitrogen functional groups attached to an aromatic ring is 1. The van der Waals surface area contributed by atoms with E-state index in [1.807, 2.05) is 66.7 Å². The number of imidazole rings is 1. The minimum absolute atomic E-state index is 0.0351. The third kappa shape index (κ3) is 8.34. The summed E-state index contributed by atoms with van der Waals surface area (Å²) < 4.78 is 43.8. The number of ether oxygens (including phenoxy) is 2. The lowest BCUT2D eigenvalue weighted by molar-refractivity contribution is 0.279. The van der Waals surface area contributed by atoms with Crippen molar-refractivity contribution in [2.45, 2.75) is 44.6 Å². The van der Waals surface area contributed by atoms with Crippen LogP contribution in [0, 0.1) is 5.41 Å². The Morgan fingerprint density at radius 3 is 2.33 bits per heavy atom. The van der Waals surface area contributed by atoms with E-state index in [0.29, 0.717) is 54.3 Å². The molecule has 1 aromatic heterocycles. The molecule has 10 nitrogen and oxygen atoms in total. The second kappa shape index (κ2) is 15.8. The Hall–Kier alpha value is -4.87. The van der Waals surface area contributed by atoms with Crippen molar-refractivity contribution in [1.82, 2.24) is 14.5 Å². The zero-order chi connectivity index (χ0) is 34.1. The van der Waals surface area contributed by atoms with E-state index < -0.39 is 10.0 Å². The third-order valence-electron chi connectivity index (χ3n) is 8.48. The molecular formula is C37H44N6O4S. The highest BCUT2D eigenvalue weighted by atomic mass is 32.2. The van der Waals surface area contributed by atoms with Crippen molar-refractivity contribution in [3.8, 4) is 11.5 Å². The summed E-state index contributed by atoms with van der Waals surface area (Å²) in [6.07, 6.45) is 2.00. The number of anilines is 1. The van der Waals surface area contributed by atoms with Crippen LogP contribution in [0.15, 0.2) is 95.9 Å². The molecule has 0 bridgehead atoms. The van der Waals surface area contributed by atoms with E-state index in [1.165, 1.54) is 0 Å². The van der Waals surface area contributed by atoms with Crippen LogP contribution in [-0.4, -0.2) is 62.1 Å². The monoisotopic (exact) mass is 668 g/mol. The average molecular weight is 669 g/mol. The molecule has 0 unspecified atom stereocenters. The molecule has 0 aliphatic carbocycles. The van der Waals surface area contributed by atoms with Crippen molar-refractivity contribution in [3.63, 3.8) is 0 Å². The number of rotatable bonds is 17. The van der Waals surface area contributed by atoms with Gasteiger partial charge in [0.1, 0.15) is 18.3 Å². The van der Waals surface area contributed by atoms with Crippen LogP contribution in [0.3, 0.4) is 0 Å². The van der Waals surface area contributed by atoms with E-state index in [4.69, 9.17) is 25.6 Å². The fourth-order valence-corrected chi connectivity index (χ4v) is 7.10. The predicted octanol–water partition coefficient (Wildman–Crippen LogP) is 5.88. The normalized spacial score (nSPS) is 11.6. The summed E-state index contributed by atoms with van der Waals surface area (Å²) in [4.78, 5) is 7.53. The minimum Gasteiger partial charge on any atom is -0.493 e. The second-order valence-corrected chi connectivity index (χ2v) is 13.1. The molecular weight excluding hydrogens is 625 g/mol. The molecule has 11 heteroatoms. The van der Waals surface area contributed by atoms with E-state index >= 15 is 0 Å². The van der Waals surface area contributed by atoms with Crippen LogP contribution in [0.2, 0.25) is 0 Å². The van der Waals surface area contributed by atoms with E-state index in [1.54, 1.807) is 31.4 Å². The van der Waals surface area contributed by atoms with Crippen LogP contribution in [0.25, 0.3) is 11.0 Å². The quantitative estimate of drug-likeness (QED) is 0.0832. The van der Waals surface area contributed by atoms with Gasteiger partial charge in [-0.3, -0.25) is 10.1 Å². The van der Waals surface area contributed by atoms with Gasteiger partial charge in [0.2, 0.25) is 0 Å². The molecule has 0 saturated heterocycles. The standard InChI is InChI=1S/C37H44N6O4S/c1-4-42(5-2)23-22-28-10-6-9-13-35(28)48(44,45)41-30-19-20-32-31(26-30)40-36(21-16-27-14-17-29(18-15-27)37(38)39)43(32)24-25-47-34-12-8-7-11-33(34)46-3/h6-15,17-20,26,41H,4-5,16,21-25H2,1-3H3,(H3,38,39). The first-order valence-electron chi connectivity index (χ1n) is 16.2. The summed E-state index contributed by atoms with van der Waals surface area (Å²) in [7, 11) is -2.23. The summed E-state index contributed by atoms with van der Waals surface area (Å²) in [5.74, 6) is 2.21. The van der Waals surface area contributed by atoms with E-state index in [0.717, 1.165) is 48.5 Å². The largest absolute Gasteiger partial charge is 0.493 e. The molecule has 1 heterocycles. The molecule has 0 aliphatic heterocycles. The summed E-state index contributed by atoms with van der Waals surface area (Å²) >= 11 is 0. The zero-order valence-corrected chi connectivity index (χ0v) is 28.6. The van der Waals surface area contributed by atoms with Gasteiger partial charge in [-0.05, 0) is 73.5 Å². The molecule has 4 aromatic carbocycles. The molecule has 0 aliphatic rings. The van der Waals surface area contributed by atoms with Crippen molar-refractivity contribution in [3.05, 3.63) is 114 Å². The van der Waals surface area contributed by atoms with E-state index in [-0.39, 0.29) is 10.7 Å². The highest BCUT2D eigenvalue weighted by Crippen LogP contribution is 2.28. The number of hydrogen-bond donors (Lipinski definition) is 3. The summed E-state index contributed by atoms with van der Waals surface area (Å²) in [6, 6.07) is 27.8. The van der Waals surface area contributed by atoms with Gasteiger partial charge >= 0.3 is 0 Å². The van der Waals surface area contributed by atoms with Crippen LogP contribution >= 0.6 is 0 Å². The van der Waals surface area contributed by atoms with E-state index in [2.05, 4.69) is 28.0 Å². The topological polar surface area (TPSA) is 136 Å². The number of sulfonamides is 1. The van der Waals surface area contributed by atoms with Gasteiger partial charge in [0.15, 0.2) is 11.5 Å². The average Bonchev–Trinajstić information content (AvgIpc) is 3.44. The number of nitrogens with two attached hydrogens (primary N) is 1. The number of benzene rings is 4. The Balaban J connectivity index is 1.40. The van der Waals surface area contributed by atoms with Crippen molar-refractivity contribution < 1.29 is 17.9 Å². The van der Waals surface area contributed by atoms with E-state index in [9.17, 15) is 8.42 Å². The third-order valence-corrected chi connectivity index (χ3v) is 9.96. The Bertz CT molecular complexity index is 1950. The lowest BCUT2D eigenvalue weighted by Crippen LogP contribution is -2.26. The Kier molecular flexibility index (Phi) is 11.4. The number of likely N-dealkylation sites (N-methyl/N-ethyl adjacent to an activating group) is 1. The molecule has 252 valence electrons. The highest BCUT2D eigenvalue weighted by molar-refractivity contribution is 7.92. The molecule has 5 aromatic rings. The van der Waals surface area contributed by atoms with Crippen LogP contribution in [0.1, 0.15) is 36.4 Å². The van der Waals surface area contributed by atoms with Gasteiger partial charge in [0.25, 0.3) is 10.0 Å². The molecule has 0 spiro atoms. The number of aromatic nitrogens is 2. The van der Waals surface area contributed by atoms with Crippen LogP contribution in [-0.2, 0) is 35.8 Å². The molecule has 4 N–H and O–H groups in total. The highest BCUT2D eigenvalue weighted by Gasteiger charge is 2.20. The maximum atomic E-state index is 13.7. The van der Waals surface area contributed by atoms with Crippen molar-refractivity contribution >= 4 is 32.6 Å². The summed E-state index contributed by atoms with van der Waals surface area (Å²) in [6.45, 7) is 7.73. The number of fused-ring (bicyclic) bond motifs is 1. The predicted molar refractivity (Wildman–Crippen MR) is 192 cm³/mol. The molecule has 0 saturated carbocycles. The maximum absolute atomic E-state index is 13.7. The van der Waals surface area contributed by atoms with Crippen molar-refractivity contribution in [2.75, 3.05) is 38.1 Å². The summed E-state index contributed by atoms with van der Waals surface area (Å²) in [5.41, 5.74) is 10.2. The second-order valence-electron chi connectivity index (χ2n) is 11.5. The fraction of sp³-hybridized carbons (Fsp3) is 0.297. The van der Waals surface area contributed by atoms with Gasteiger partial charge in [-0.2, -0.15) is 0 Å². The van der Waals surface area contributed by atoms with Crippen LogP contribution in [0.4, 0.5) is 5.69 Å².